The molecule has 3 aromatic rings. The summed E-state index contributed by atoms with van der Waals surface area (Å²) in [6, 6.07) is 6.30. The van der Waals surface area contributed by atoms with Crippen LogP contribution in [0.3, 0.4) is 0 Å². The highest BCUT2D eigenvalue weighted by molar-refractivity contribution is 14.1. The van der Waals surface area contributed by atoms with E-state index in [1.807, 2.05) is 24.1 Å². The second kappa shape index (κ2) is 5.73. The zero-order valence-electron chi connectivity index (χ0n) is 11.1. The maximum absolute atomic E-state index is 6.03. The van der Waals surface area contributed by atoms with Gasteiger partial charge in [0, 0.05) is 23.4 Å². The standard InChI is InChI=1S/C14H14ClIN4/c1-19-9-10(8-17-19)4-5-20-13-3-2-11(16)6-12(13)18-14(20)7-15/h2-3,6,8-9H,4-5,7H2,1H3. The Bertz CT molecular complexity index is 747. The van der Waals surface area contributed by atoms with Crippen molar-refractivity contribution >= 4 is 45.2 Å². The number of aromatic nitrogens is 4. The zero-order valence-corrected chi connectivity index (χ0v) is 14.0. The minimum atomic E-state index is 0.429. The molecule has 0 aliphatic rings. The number of rotatable bonds is 4. The largest absolute Gasteiger partial charge is 0.327 e. The van der Waals surface area contributed by atoms with Crippen LogP contribution in [0.4, 0.5) is 0 Å². The van der Waals surface area contributed by atoms with Crippen molar-refractivity contribution in [3.05, 3.63) is 45.6 Å². The Kier molecular flexibility index (Phi) is 3.98. The molecule has 0 N–H and O–H groups in total. The Morgan fingerprint density at radius 1 is 1.35 bits per heavy atom. The van der Waals surface area contributed by atoms with Crippen molar-refractivity contribution in [1.82, 2.24) is 19.3 Å². The molecule has 4 nitrogen and oxygen atoms in total. The van der Waals surface area contributed by atoms with Gasteiger partial charge in [0.05, 0.1) is 23.1 Å². The summed E-state index contributed by atoms with van der Waals surface area (Å²) in [7, 11) is 1.93. The van der Waals surface area contributed by atoms with E-state index in [1.165, 1.54) is 9.13 Å². The molecule has 20 heavy (non-hydrogen) atoms. The summed E-state index contributed by atoms with van der Waals surface area (Å²) in [5, 5.41) is 4.20. The quantitative estimate of drug-likeness (QED) is 0.497. The van der Waals surface area contributed by atoms with Crippen LogP contribution >= 0.6 is 34.2 Å². The van der Waals surface area contributed by atoms with Crippen LogP contribution in [0, 0.1) is 3.57 Å². The van der Waals surface area contributed by atoms with Crippen molar-refractivity contribution in [2.75, 3.05) is 0 Å². The van der Waals surface area contributed by atoms with Crippen LogP contribution in [0.1, 0.15) is 11.4 Å². The van der Waals surface area contributed by atoms with Gasteiger partial charge in [0.2, 0.25) is 0 Å². The molecule has 0 bridgehead atoms. The Hall–Kier alpha value is -1.08. The molecule has 0 saturated carbocycles. The SMILES string of the molecule is Cn1cc(CCn2c(CCl)nc3cc(I)ccc32)cn1. The number of aryl methyl sites for hydroxylation is 3. The summed E-state index contributed by atoms with van der Waals surface area (Å²) in [5.41, 5.74) is 3.38. The molecule has 1 aromatic carbocycles. The maximum atomic E-state index is 6.03. The average molecular weight is 401 g/mol. The van der Waals surface area contributed by atoms with E-state index in [9.17, 15) is 0 Å². The minimum Gasteiger partial charge on any atom is -0.327 e. The number of alkyl halides is 1. The molecule has 0 spiro atoms. The molecular weight excluding hydrogens is 387 g/mol. The van der Waals surface area contributed by atoms with Crippen molar-refractivity contribution < 1.29 is 0 Å². The van der Waals surface area contributed by atoms with E-state index in [0.717, 1.165) is 29.8 Å². The summed E-state index contributed by atoms with van der Waals surface area (Å²) in [6.45, 7) is 0.866. The molecule has 0 amide bonds. The second-order valence-electron chi connectivity index (χ2n) is 4.72. The molecule has 0 fully saturated rings. The highest BCUT2D eigenvalue weighted by atomic mass is 127. The molecule has 3 rings (SSSR count). The van der Waals surface area contributed by atoms with Crippen molar-refractivity contribution in [3.8, 4) is 0 Å². The molecule has 0 atom stereocenters. The number of imidazole rings is 1. The number of fused-ring (bicyclic) bond motifs is 1. The lowest BCUT2D eigenvalue weighted by Gasteiger charge is -2.06. The Morgan fingerprint density at radius 3 is 2.90 bits per heavy atom. The molecule has 0 aliphatic heterocycles. The molecule has 2 heterocycles. The van der Waals surface area contributed by atoms with Gasteiger partial charge in [-0.2, -0.15) is 5.10 Å². The van der Waals surface area contributed by atoms with Gasteiger partial charge in [-0.05, 0) is 52.8 Å². The van der Waals surface area contributed by atoms with E-state index in [0.29, 0.717) is 5.88 Å². The van der Waals surface area contributed by atoms with E-state index >= 15 is 0 Å². The highest BCUT2D eigenvalue weighted by Gasteiger charge is 2.10. The Labute approximate surface area is 135 Å². The van der Waals surface area contributed by atoms with Gasteiger partial charge in [0.25, 0.3) is 0 Å². The maximum Gasteiger partial charge on any atom is 0.124 e. The van der Waals surface area contributed by atoms with Gasteiger partial charge in [-0.25, -0.2) is 4.98 Å². The van der Waals surface area contributed by atoms with E-state index in [4.69, 9.17) is 11.6 Å². The van der Waals surface area contributed by atoms with Crippen LogP contribution in [0.5, 0.6) is 0 Å². The molecule has 0 aliphatic carbocycles. The second-order valence-corrected chi connectivity index (χ2v) is 6.23. The van der Waals surface area contributed by atoms with Crippen LogP contribution in [0.15, 0.2) is 30.6 Å². The first kappa shape index (κ1) is 13.9. The fraction of sp³-hybridized carbons (Fsp3) is 0.286. The molecule has 104 valence electrons. The summed E-state index contributed by atoms with van der Waals surface area (Å²) in [5.74, 6) is 1.35. The lowest BCUT2D eigenvalue weighted by Crippen LogP contribution is -2.04. The van der Waals surface area contributed by atoms with E-state index in [1.54, 1.807) is 0 Å². The Balaban J connectivity index is 1.93. The summed E-state index contributed by atoms with van der Waals surface area (Å²) in [6.07, 6.45) is 4.88. The van der Waals surface area contributed by atoms with Crippen molar-refractivity contribution in [1.29, 1.82) is 0 Å². The van der Waals surface area contributed by atoms with Crippen LogP contribution in [-0.2, 0) is 25.9 Å². The third-order valence-corrected chi connectivity index (χ3v) is 4.20. The fourth-order valence-corrected chi connectivity index (χ4v) is 3.03. The smallest absolute Gasteiger partial charge is 0.124 e. The molecular formula is C14H14ClIN4. The molecule has 2 aromatic heterocycles. The van der Waals surface area contributed by atoms with Gasteiger partial charge in [-0.1, -0.05) is 0 Å². The molecule has 0 radical (unpaired) electrons. The highest BCUT2D eigenvalue weighted by Crippen LogP contribution is 2.20. The molecule has 0 unspecified atom stereocenters. The van der Waals surface area contributed by atoms with Crippen LogP contribution in [0.25, 0.3) is 11.0 Å². The van der Waals surface area contributed by atoms with Gasteiger partial charge < -0.3 is 4.57 Å². The van der Waals surface area contributed by atoms with Crippen LogP contribution < -0.4 is 0 Å². The lowest BCUT2D eigenvalue weighted by molar-refractivity contribution is 0.687. The van der Waals surface area contributed by atoms with Gasteiger partial charge in [0.15, 0.2) is 0 Å². The monoisotopic (exact) mass is 400 g/mol. The van der Waals surface area contributed by atoms with Crippen molar-refractivity contribution in [2.45, 2.75) is 18.8 Å². The lowest BCUT2D eigenvalue weighted by atomic mass is 10.2. The van der Waals surface area contributed by atoms with Gasteiger partial charge >= 0.3 is 0 Å². The normalized spacial score (nSPS) is 11.3. The molecule has 0 saturated heterocycles. The van der Waals surface area contributed by atoms with Gasteiger partial charge in [0.1, 0.15) is 5.82 Å². The van der Waals surface area contributed by atoms with Crippen LogP contribution in [0.2, 0.25) is 0 Å². The molecule has 6 heteroatoms. The predicted octanol–water partition coefficient (Wildman–Crippen LogP) is 3.36. The number of hydrogen-bond acceptors (Lipinski definition) is 2. The first-order valence-electron chi connectivity index (χ1n) is 6.35. The number of nitrogens with zero attached hydrogens (tertiary/aromatic N) is 4. The number of hydrogen-bond donors (Lipinski definition) is 0. The number of halogens is 2. The number of benzene rings is 1. The summed E-state index contributed by atoms with van der Waals surface area (Å²) < 4.78 is 5.21. The first-order valence-corrected chi connectivity index (χ1v) is 7.97. The topological polar surface area (TPSA) is 35.6 Å². The van der Waals surface area contributed by atoms with Gasteiger partial charge in [-0.3, -0.25) is 4.68 Å². The van der Waals surface area contributed by atoms with Crippen molar-refractivity contribution in [2.24, 2.45) is 7.05 Å². The van der Waals surface area contributed by atoms with E-state index < -0.39 is 0 Å². The van der Waals surface area contributed by atoms with Crippen molar-refractivity contribution in [3.63, 3.8) is 0 Å². The first-order chi connectivity index (χ1) is 9.67. The Morgan fingerprint density at radius 2 is 2.20 bits per heavy atom. The zero-order chi connectivity index (χ0) is 14.1. The summed E-state index contributed by atoms with van der Waals surface area (Å²) >= 11 is 8.33. The fourth-order valence-electron chi connectivity index (χ4n) is 2.35. The third kappa shape index (κ3) is 2.69. The van der Waals surface area contributed by atoms with Crippen LogP contribution in [-0.4, -0.2) is 19.3 Å². The predicted molar refractivity (Wildman–Crippen MR) is 88.9 cm³/mol. The third-order valence-electron chi connectivity index (χ3n) is 3.29. The van der Waals surface area contributed by atoms with E-state index in [-0.39, 0.29) is 0 Å². The van der Waals surface area contributed by atoms with Gasteiger partial charge in [-0.15, -0.1) is 11.6 Å². The van der Waals surface area contributed by atoms with E-state index in [2.05, 4.69) is 55.4 Å². The summed E-state index contributed by atoms with van der Waals surface area (Å²) in [4.78, 5) is 4.61. The minimum absolute atomic E-state index is 0.429. The average Bonchev–Trinajstić information content (AvgIpc) is 2.99.